The molecule has 1 atom stereocenters. The molecule has 0 aromatic rings. The number of piperidine rings is 1. The van der Waals surface area contributed by atoms with Crippen molar-refractivity contribution in [1.82, 2.24) is 5.06 Å². The minimum absolute atomic E-state index is 0.00135. The highest BCUT2D eigenvalue weighted by molar-refractivity contribution is 5.72. The third-order valence-corrected chi connectivity index (χ3v) is 4.57. The lowest BCUT2D eigenvalue weighted by Crippen LogP contribution is -2.60. The molecular weight excluding hydrogens is 266 g/mol. The van der Waals surface area contributed by atoms with Crippen LogP contribution in [0.4, 0.5) is 0 Å². The van der Waals surface area contributed by atoms with Gasteiger partial charge in [-0.3, -0.25) is 4.79 Å². The Morgan fingerprint density at radius 1 is 1.19 bits per heavy atom. The Morgan fingerprint density at radius 3 is 2.14 bits per heavy atom. The topological polar surface area (TPSA) is 49.4 Å². The number of hydrogen-bond acceptors (Lipinski definition) is 3. The predicted molar refractivity (Wildman–Crippen MR) is 83.1 cm³/mol. The normalized spacial score (nSPS) is 23.8. The summed E-state index contributed by atoms with van der Waals surface area (Å²) in [5.41, 5.74) is -0.977. The molecule has 1 aliphatic heterocycles. The zero-order valence-electron chi connectivity index (χ0n) is 14.6. The molecule has 1 aliphatic rings. The summed E-state index contributed by atoms with van der Waals surface area (Å²) in [4.78, 5) is 12.3. The molecule has 0 N–H and O–H groups in total. The average molecular weight is 298 g/mol. The van der Waals surface area contributed by atoms with E-state index in [0.29, 0.717) is 12.8 Å². The van der Waals surface area contributed by atoms with Crippen molar-refractivity contribution in [3.05, 3.63) is 0 Å². The van der Waals surface area contributed by atoms with E-state index in [-0.39, 0.29) is 18.0 Å². The van der Waals surface area contributed by atoms with Gasteiger partial charge in [-0.15, -0.1) is 10.3 Å². The summed E-state index contributed by atoms with van der Waals surface area (Å²) in [5, 5.41) is 13.5. The van der Waals surface area contributed by atoms with E-state index in [1.54, 1.807) is 0 Å². The fourth-order valence-electron chi connectivity index (χ4n) is 3.45. The molecule has 0 spiro atoms. The average Bonchev–Trinajstić information content (AvgIpc) is 2.36. The van der Waals surface area contributed by atoms with Gasteiger partial charge in [0.15, 0.2) is 0 Å². The number of carbonyl (C=O) groups is 1. The van der Waals surface area contributed by atoms with Crippen LogP contribution in [0.3, 0.4) is 0 Å². The van der Waals surface area contributed by atoms with Crippen LogP contribution < -0.4 is 0 Å². The molecular formula is C17H32NO3. The molecule has 0 amide bonds. The summed E-state index contributed by atoms with van der Waals surface area (Å²) < 4.78 is 5.76. The Hall–Kier alpha value is -0.610. The summed E-state index contributed by atoms with van der Waals surface area (Å²) >= 11 is 0. The van der Waals surface area contributed by atoms with Crippen LogP contribution >= 0.6 is 0 Å². The summed E-state index contributed by atoms with van der Waals surface area (Å²) in [7, 11) is 0. The van der Waals surface area contributed by atoms with Crippen molar-refractivity contribution in [1.29, 1.82) is 0 Å². The van der Waals surface area contributed by atoms with Gasteiger partial charge in [-0.1, -0.05) is 26.7 Å². The molecule has 1 rings (SSSR count). The third kappa shape index (κ3) is 4.68. The monoisotopic (exact) mass is 298 g/mol. The summed E-state index contributed by atoms with van der Waals surface area (Å²) in [6.07, 6.45) is 4.95. The molecule has 0 aromatic carbocycles. The van der Waals surface area contributed by atoms with E-state index >= 15 is 0 Å². The van der Waals surface area contributed by atoms with E-state index in [2.05, 4.69) is 6.92 Å². The summed E-state index contributed by atoms with van der Waals surface area (Å²) in [6, 6.07) is 0. The van der Waals surface area contributed by atoms with Crippen molar-refractivity contribution in [2.75, 3.05) is 0 Å². The van der Waals surface area contributed by atoms with Crippen LogP contribution in [-0.2, 0) is 14.7 Å². The lowest BCUT2D eigenvalue weighted by molar-refractivity contribution is -0.299. The Morgan fingerprint density at radius 2 is 1.71 bits per heavy atom. The van der Waals surface area contributed by atoms with Crippen LogP contribution in [0.25, 0.3) is 0 Å². The number of carbonyl (C=O) groups excluding carboxylic acids is 1. The lowest BCUT2D eigenvalue weighted by Gasteiger charge is -2.49. The van der Waals surface area contributed by atoms with Gasteiger partial charge in [-0.05, 0) is 40.5 Å². The maximum atomic E-state index is 12.3. The Bertz CT molecular complexity index is 334. The third-order valence-electron chi connectivity index (χ3n) is 4.57. The van der Waals surface area contributed by atoms with Crippen molar-refractivity contribution in [2.45, 2.75) is 97.2 Å². The minimum atomic E-state index is -0.488. The van der Waals surface area contributed by atoms with Crippen molar-refractivity contribution in [3.63, 3.8) is 0 Å². The fraction of sp³-hybridized carbons (Fsp3) is 0.941. The van der Waals surface area contributed by atoms with Gasteiger partial charge in [0.1, 0.15) is 6.10 Å². The molecule has 1 heterocycles. The number of rotatable bonds is 6. The summed E-state index contributed by atoms with van der Waals surface area (Å²) in [6.45, 7) is 11.9. The van der Waals surface area contributed by atoms with Crippen LogP contribution in [0.1, 0.15) is 80.1 Å². The number of ether oxygens (including phenoxy) is 1. The molecule has 0 aliphatic carbocycles. The van der Waals surface area contributed by atoms with Crippen molar-refractivity contribution in [2.24, 2.45) is 5.92 Å². The number of hydroxylamine groups is 2. The second-order valence-electron chi connectivity index (χ2n) is 7.63. The SMILES string of the molecule is CCCCC(CC)C(=O)OC1CC(C)(C)N([O])C(C)(C)C1. The maximum absolute atomic E-state index is 12.3. The van der Waals surface area contributed by atoms with Gasteiger partial charge in [0.05, 0.1) is 5.92 Å². The van der Waals surface area contributed by atoms with Crippen molar-refractivity contribution in [3.8, 4) is 0 Å². The number of hydrogen-bond donors (Lipinski definition) is 0. The number of unbranched alkanes of at least 4 members (excludes halogenated alkanes) is 1. The Labute approximate surface area is 129 Å². The summed E-state index contributed by atoms with van der Waals surface area (Å²) in [5.74, 6) is -0.0802. The van der Waals surface area contributed by atoms with Crippen LogP contribution in [0.5, 0.6) is 0 Å². The highest BCUT2D eigenvalue weighted by Gasteiger charge is 2.47. The molecule has 1 unspecified atom stereocenters. The van der Waals surface area contributed by atoms with Gasteiger partial charge in [0.25, 0.3) is 0 Å². The van der Waals surface area contributed by atoms with Crippen LogP contribution in [0.15, 0.2) is 0 Å². The first-order chi connectivity index (χ1) is 9.64. The van der Waals surface area contributed by atoms with Gasteiger partial charge in [-0.2, -0.15) is 0 Å². The lowest BCUT2D eigenvalue weighted by atomic mass is 9.80. The van der Waals surface area contributed by atoms with Crippen LogP contribution in [0.2, 0.25) is 0 Å². The Balaban J connectivity index is 2.67. The molecule has 1 saturated heterocycles. The van der Waals surface area contributed by atoms with Gasteiger partial charge in [0, 0.05) is 23.9 Å². The van der Waals surface area contributed by atoms with Crippen LogP contribution in [-0.4, -0.2) is 28.2 Å². The van der Waals surface area contributed by atoms with Gasteiger partial charge in [-0.25, -0.2) is 0 Å². The molecule has 1 fully saturated rings. The highest BCUT2D eigenvalue weighted by Crippen LogP contribution is 2.38. The standard InChI is InChI=1S/C17H32NO3/c1-7-9-10-13(8-2)15(19)21-14-11-16(3,4)18(20)17(5,6)12-14/h13-14H,7-12H2,1-6H3. The van der Waals surface area contributed by atoms with E-state index in [1.165, 1.54) is 5.06 Å². The van der Waals surface area contributed by atoms with Gasteiger partial charge >= 0.3 is 5.97 Å². The zero-order chi connectivity index (χ0) is 16.3. The van der Waals surface area contributed by atoms with E-state index in [4.69, 9.17) is 4.74 Å². The smallest absolute Gasteiger partial charge is 0.309 e. The van der Waals surface area contributed by atoms with Crippen molar-refractivity contribution >= 4 is 5.97 Å². The quantitative estimate of drug-likeness (QED) is 0.693. The molecule has 123 valence electrons. The molecule has 4 heteroatoms. The molecule has 4 nitrogen and oxygen atoms in total. The molecule has 0 saturated carbocycles. The molecule has 0 bridgehead atoms. The van der Waals surface area contributed by atoms with Gasteiger partial charge < -0.3 is 4.74 Å². The fourth-order valence-corrected chi connectivity index (χ4v) is 3.45. The predicted octanol–water partition coefficient (Wildman–Crippen LogP) is 4.11. The first kappa shape index (κ1) is 18.4. The van der Waals surface area contributed by atoms with Crippen LogP contribution in [0, 0.1) is 5.92 Å². The largest absolute Gasteiger partial charge is 0.462 e. The maximum Gasteiger partial charge on any atom is 0.309 e. The van der Waals surface area contributed by atoms with Crippen molar-refractivity contribution < 1.29 is 14.7 Å². The highest BCUT2D eigenvalue weighted by atomic mass is 16.5. The first-order valence-corrected chi connectivity index (χ1v) is 8.32. The second kappa shape index (κ2) is 7.10. The first-order valence-electron chi connectivity index (χ1n) is 8.32. The molecule has 1 radical (unpaired) electrons. The van der Waals surface area contributed by atoms with E-state index < -0.39 is 11.1 Å². The van der Waals surface area contributed by atoms with E-state index in [1.807, 2.05) is 34.6 Å². The minimum Gasteiger partial charge on any atom is -0.462 e. The zero-order valence-corrected chi connectivity index (χ0v) is 14.6. The molecule has 0 aromatic heterocycles. The Kier molecular flexibility index (Phi) is 6.23. The van der Waals surface area contributed by atoms with Gasteiger partial charge in [0.2, 0.25) is 0 Å². The second-order valence-corrected chi connectivity index (χ2v) is 7.63. The number of esters is 1. The van der Waals surface area contributed by atoms with E-state index in [0.717, 1.165) is 25.7 Å². The molecule has 21 heavy (non-hydrogen) atoms. The number of nitrogens with zero attached hydrogens (tertiary/aromatic N) is 1. The van der Waals surface area contributed by atoms with E-state index in [9.17, 15) is 10.0 Å².